The summed E-state index contributed by atoms with van der Waals surface area (Å²) in [7, 11) is -1.60. The summed E-state index contributed by atoms with van der Waals surface area (Å²) >= 11 is 3.88. The molecule has 0 amide bonds. The molecule has 20 heavy (non-hydrogen) atoms. The molecule has 0 N–H and O–H groups in total. The summed E-state index contributed by atoms with van der Waals surface area (Å²) in [4.78, 5) is 4.66. The molecule has 1 aliphatic heterocycles. The molecule has 0 spiro atoms. The molecule has 0 fully saturated rings. The van der Waals surface area contributed by atoms with Crippen LogP contribution >= 0.6 is 23.5 Å². The van der Waals surface area contributed by atoms with Crippen molar-refractivity contribution in [1.82, 2.24) is 0 Å². The number of thioether (sulfide) groups is 2. The zero-order chi connectivity index (χ0) is 15.4. The van der Waals surface area contributed by atoms with Gasteiger partial charge in [0.15, 0.2) is 8.32 Å². The molecule has 118 valence electrons. The van der Waals surface area contributed by atoms with Crippen LogP contribution in [0.25, 0.3) is 0 Å². The van der Waals surface area contributed by atoms with Gasteiger partial charge in [-0.15, -0.1) is 11.8 Å². The molecule has 0 aromatic heterocycles. The second-order valence-electron chi connectivity index (χ2n) is 7.31. The van der Waals surface area contributed by atoms with Gasteiger partial charge < -0.3 is 4.43 Å². The molecule has 0 radical (unpaired) electrons. The number of rotatable bonds is 4. The van der Waals surface area contributed by atoms with Crippen molar-refractivity contribution in [2.75, 3.05) is 25.2 Å². The molecular formula is C15H31NOS2Si. The van der Waals surface area contributed by atoms with E-state index in [1.54, 1.807) is 0 Å². The molecule has 1 unspecified atom stereocenters. The first-order valence-electron chi connectivity index (χ1n) is 7.45. The zero-order valence-corrected chi connectivity index (χ0v) is 16.8. The maximum absolute atomic E-state index is 6.35. The molecule has 0 bridgehead atoms. The van der Waals surface area contributed by atoms with Gasteiger partial charge in [-0.1, -0.05) is 20.8 Å². The Bertz CT molecular complexity index is 352. The third-order valence-electron chi connectivity index (χ3n) is 4.49. The second kappa shape index (κ2) is 7.21. The van der Waals surface area contributed by atoms with Crippen LogP contribution in [-0.2, 0) is 4.43 Å². The van der Waals surface area contributed by atoms with Crippen LogP contribution in [0.1, 0.15) is 40.5 Å². The molecule has 1 rings (SSSR count). The average molecular weight is 334 g/mol. The van der Waals surface area contributed by atoms with E-state index in [2.05, 4.69) is 63.8 Å². The number of hydrogen-bond donors (Lipinski definition) is 0. The van der Waals surface area contributed by atoms with Crippen LogP contribution in [-0.4, -0.2) is 43.3 Å². The number of nitrogens with zero attached hydrogens (tertiary/aromatic N) is 1. The van der Waals surface area contributed by atoms with Gasteiger partial charge in [-0.3, -0.25) is 4.99 Å². The highest BCUT2D eigenvalue weighted by molar-refractivity contribution is 8.13. The summed E-state index contributed by atoms with van der Waals surface area (Å²) in [5.74, 6) is 1.14. The van der Waals surface area contributed by atoms with E-state index >= 15 is 0 Å². The molecule has 0 aliphatic carbocycles. The summed E-state index contributed by atoms with van der Waals surface area (Å²) in [6.45, 7) is 15.8. The van der Waals surface area contributed by atoms with Gasteiger partial charge in [0.1, 0.15) is 0 Å². The summed E-state index contributed by atoms with van der Waals surface area (Å²) in [5, 5.41) is 1.61. The van der Waals surface area contributed by atoms with E-state index < -0.39 is 8.32 Å². The Labute approximate surface area is 135 Å². The van der Waals surface area contributed by atoms with E-state index in [0.717, 1.165) is 31.7 Å². The molecule has 1 atom stereocenters. The highest BCUT2D eigenvalue weighted by atomic mass is 32.2. The lowest BCUT2D eigenvalue weighted by molar-refractivity contribution is 0.269. The Balaban J connectivity index is 2.54. The van der Waals surface area contributed by atoms with Crippen LogP contribution in [0.4, 0.5) is 0 Å². The molecule has 0 saturated heterocycles. The Morgan fingerprint density at radius 1 is 1.40 bits per heavy atom. The maximum Gasteiger partial charge on any atom is 0.191 e. The van der Waals surface area contributed by atoms with E-state index in [9.17, 15) is 0 Å². The second-order valence-corrected chi connectivity index (χ2v) is 14.7. The molecule has 0 aromatic rings. The van der Waals surface area contributed by atoms with Gasteiger partial charge in [-0.25, -0.2) is 0 Å². The van der Waals surface area contributed by atoms with Crippen molar-refractivity contribution in [2.45, 2.75) is 63.4 Å². The van der Waals surface area contributed by atoms with E-state index in [0.29, 0.717) is 9.79 Å². The largest absolute Gasteiger partial charge is 0.417 e. The lowest BCUT2D eigenvalue weighted by Crippen LogP contribution is -2.42. The Morgan fingerprint density at radius 3 is 2.60 bits per heavy atom. The Kier molecular flexibility index (Phi) is 6.70. The minimum Gasteiger partial charge on any atom is -0.417 e. The highest BCUT2D eigenvalue weighted by Gasteiger charge is 2.38. The van der Waals surface area contributed by atoms with Crippen molar-refractivity contribution < 1.29 is 4.43 Å². The maximum atomic E-state index is 6.35. The quantitative estimate of drug-likeness (QED) is 0.671. The van der Waals surface area contributed by atoms with Crippen molar-refractivity contribution >= 4 is 36.9 Å². The Morgan fingerprint density at radius 2 is 2.05 bits per heavy atom. The van der Waals surface area contributed by atoms with Crippen molar-refractivity contribution in [3.05, 3.63) is 0 Å². The SMILES string of the molecule is CSC1=NCCSC(C)(CCO[Si](C)(C)C(C)(C)C)C1. The van der Waals surface area contributed by atoms with Crippen molar-refractivity contribution in [3.63, 3.8) is 0 Å². The molecular weight excluding hydrogens is 302 g/mol. The minimum atomic E-state index is -1.60. The third kappa shape index (κ3) is 5.39. The van der Waals surface area contributed by atoms with Crippen molar-refractivity contribution in [2.24, 2.45) is 4.99 Å². The lowest BCUT2D eigenvalue weighted by atomic mass is 10.0. The summed E-state index contributed by atoms with van der Waals surface area (Å²) in [6, 6.07) is 0. The molecule has 2 nitrogen and oxygen atoms in total. The van der Waals surface area contributed by atoms with E-state index in [1.165, 1.54) is 5.04 Å². The zero-order valence-electron chi connectivity index (χ0n) is 14.2. The standard InChI is InChI=1S/C15H31NOS2Si/c1-14(2,3)20(6,7)17-10-8-15(4)12-13(18-5)16-9-11-19-15/h8-12H2,1-7H3. The van der Waals surface area contributed by atoms with Gasteiger partial charge in [0.25, 0.3) is 0 Å². The van der Waals surface area contributed by atoms with E-state index in [-0.39, 0.29) is 0 Å². The van der Waals surface area contributed by atoms with Crippen molar-refractivity contribution in [1.29, 1.82) is 0 Å². The van der Waals surface area contributed by atoms with Gasteiger partial charge in [0, 0.05) is 30.1 Å². The topological polar surface area (TPSA) is 21.6 Å². The fourth-order valence-electron chi connectivity index (χ4n) is 1.93. The van der Waals surface area contributed by atoms with Gasteiger partial charge in [-0.2, -0.15) is 11.8 Å². The normalized spacial score (nSPS) is 25.2. The van der Waals surface area contributed by atoms with Crippen LogP contribution in [0.3, 0.4) is 0 Å². The van der Waals surface area contributed by atoms with Gasteiger partial charge in [0.2, 0.25) is 0 Å². The van der Waals surface area contributed by atoms with Gasteiger partial charge in [0.05, 0.1) is 5.04 Å². The molecule has 0 saturated carbocycles. The summed E-state index contributed by atoms with van der Waals surface area (Å²) in [6.07, 6.45) is 4.37. The third-order valence-corrected chi connectivity index (χ3v) is 11.2. The lowest BCUT2D eigenvalue weighted by Gasteiger charge is -2.37. The molecule has 1 heterocycles. The number of aliphatic imine (C=N–C) groups is 1. The monoisotopic (exact) mass is 333 g/mol. The fourth-order valence-corrected chi connectivity index (χ4v) is 4.89. The van der Waals surface area contributed by atoms with Crippen LogP contribution < -0.4 is 0 Å². The smallest absolute Gasteiger partial charge is 0.191 e. The van der Waals surface area contributed by atoms with Crippen molar-refractivity contribution in [3.8, 4) is 0 Å². The van der Waals surface area contributed by atoms with Gasteiger partial charge >= 0.3 is 0 Å². The first kappa shape index (κ1) is 18.6. The van der Waals surface area contributed by atoms with Crippen LogP contribution in [0.5, 0.6) is 0 Å². The summed E-state index contributed by atoms with van der Waals surface area (Å²) < 4.78 is 6.64. The average Bonchev–Trinajstić information content (AvgIpc) is 2.49. The van der Waals surface area contributed by atoms with Crippen LogP contribution in [0.2, 0.25) is 18.1 Å². The fraction of sp³-hybridized carbons (Fsp3) is 0.933. The molecule has 0 aromatic carbocycles. The highest BCUT2D eigenvalue weighted by Crippen LogP contribution is 2.39. The van der Waals surface area contributed by atoms with Gasteiger partial charge in [-0.05, 0) is 37.7 Å². The first-order valence-corrected chi connectivity index (χ1v) is 12.6. The summed E-state index contributed by atoms with van der Waals surface area (Å²) in [5.41, 5.74) is 0. The molecule has 1 aliphatic rings. The predicted octanol–water partition coefficient (Wildman–Crippen LogP) is 5.06. The number of hydrogen-bond acceptors (Lipinski definition) is 4. The van der Waals surface area contributed by atoms with Crippen LogP contribution in [0.15, 0.2) is 4.99 Å². The minimum absolute atomic E-state index is 0.292. The van der Waals surface area contributed by atoms with E-state index in [4.69, 9.17) is 4.43 Å². The Hall–Kier alpha value is 0.547. The van der Waals surface area contributed by atoms with Crippen LogP contribution in [0, 0.1) is 0 Å². The van der Waals surface area contributed by atoms with E-state index in [1.807, 2.05) is 11.8 Å². The predicted molar refractivity (Wildman–Crippen MR) is 99.1 cm³/mol. The first-order chi connectivity index (χ1) is 9.10. The molecule has 5 heteroatoms.